The van der Waals surface area contributed by atoms with Gasteiger partial charge in [-0.15, -0.1) is 0 Å². The van der Waals surface area contributed by atoms with Crippen molar-refractivity contribution in [1.82, 2.24) is 15.3 Å². The Labute approximate surface area is 306 Å². The third-order valence-corrected chi connectivity index (χ3v) is 8.04. The summed E-state index contributed by atoms with van der Waals surface area (Å²) in [5.41, 5.74) is 0.760. The number of unbranched alkanes of at least 4 members (excludes halogenated alkanes) is 4. The molecule has 2 aromatic rings. The van der Waals surface area contributed by atoms with Crippen LogP contribution in [0.5, 0.6) is 11.5 Å². The first-order valence-corrected chi connectivity index (χ1v) is 18.6. The van der Waals surface area contributed by atoms with Gasteiger partial charge < -0.3 is 43.2 Å². The highest BCUT2D eigenvalue weighted by molar-refractivity contribution is 5.90. The quantitative estimate of drug-likeness (QED) is 0.178. The molecule has 1 aromatic carbocycles. The number of rotatable bonds is 14. The van der Waals surface area contributed by atoms with Gasteiger partial charge in [0, 0.05) is 18.5 Å². The maximum Gasteiger partial charge on any atom is 0.338 e. The van der Waals surface area contributed by atoms with Crippen molar-refractivity contribution in [1.29, 1.82) is 0 Å². The van der Waals surface area contributed by atoms with E-state index >= 15 is 0 Å². The minimum absolute atomic E-state index is 0.146. The van der Waals surface area contributed by atoms with Gasteiger partial charge in [0.1, 0.15) is 13.2 Å². The second kappa shape index (κ2) is 26.9. The number of anilines is 1. The van der Waals surface area contributed by atoms with E-state index in [-0.39, 0.29) is 30.6 Å². The molecule has 0 saturated heterocycles. The number of ether oxygens (including phenoxy) is 8. The molecule has 3 rings (SSSR count). The lowest BCUT2D eigenvalue weighted by molar-refractivity contribution is -0.0134. The van der Waals surface area contributed by atoms with Crippen molar-refractivity contribution < 1.29 is 47.5 Å². The highest BCUT2D eigenvalue weighted by Gasteiger charge is 2.15. The van der Waals surface area contributed by atoms with Crippen LogP contribution in [0, 0.1) is 0 Å². The fourth-order valence-electron chi connectivity index (χ4n) is 5.21. The number of hydrogen-bond acceptors (Lipinski definition) is 12. The molecule has 1 atom stereocenters. The molecule has 1 aromatic heterocycles. The number of nitrogens with zero attached hydrogens (tertiary/aromatic N) is 1. The number of esters is 1. The number of amides is 2. The van der Waals surface area contributed by atoms with Crippen molar-refractivity contribution in [2.24, 2.45) is 0 Å². The largest absolute Gasteiger partial charge is 0.487 e. The predicted molar refractivity (Wildman–Crippen MR) is 195 cm³/mol. The van der Waals surface area contributed by atoms with Gasteiger partial charge in [0.05, 0.1) is 83.9 Å². The number of benzene rings is 1. The molecule has 3 N–H and O–H groups in total. The third kappa shape index (κ3) is 18.1. The van der Waals surface area contributed by atoms with Crippen molar-refractivity contribution in [3.8, 4) is 11.5 Å². The van der Waals surface area contributed by atoms with E-state index in [9.17, 15) is 14.4 Å². The van der Waals surface area contributed by atoms with Crippen LogP contribution in [0.25, 0.3) is 0 Å². The fourth-order valence-corrected chi connectivity index (χ4v) is 5.21. The van der Waals surface area contributed by atoms with Crippen LogP contribution in [0.4, 0.5) is 10.7 Å². The zero-order valence-electron chi connectivity index (χ0n) is 30.9. The van der Waals surface area contributed by atoms with Gasteiger partial charge in [0.25, 0.3) is 5.56 Å². The van der Waals surface area contributed by atoms with Crippen LogP contribution in [0.3, 0.4) is 0 Å². The number of H-pyrrole nitrogens is 1. The highest BCUT2D eigenvalue weighted by Crippen LogP contribution is 2.29. The minimum Gasteiger partial charge on any atom is -0.487 e. The molecule has 0 saturated carbocycles. The smallest absolute Gasteiger partial charge is 0.338 e. The average Bonchev–Trinajstić information content (AvgIpc) is 3.13. The summed E-state index contributed by atoms with van der Waals surface area (Å²) < 4.78 is 44.9. The van der Waals surface area contributed by atoms with Crippen LogP contribution in [0.1, 0.15) is 87.2 Å². The van der Waals surface area contributed by atoms with E-state index in [1.54, 1.807) is 18.2 Å². The number of carbonyl (C=O) groups excluding carboxylic acids is 2. The molecule has 15 nitrogen and oxygen atoms in total. The number of hydrogen-bond donors (Lipinski definition) is 3. The molecule has 0 spiro atoms. The Bertz CT molecular complexity index is 1340. The first-order chi connectivity index (χ1) is 25.5. The van der Waals surface area contributed by atoms with Crippen molar-refractivity contribution >= 4 is 17.9 Å². The second-order valence-corrected chi connectivity index (χ2v) is 12.1. The van der Waals surface area contributed by atoms with Gasteiger partial charge in [-0.05, 0) is 50.3 Å². The lowest BCUT2D eigenvalue weighted by Gasteiger charge is -2.15. The summed E-state index contributed by atoms with van der Waals surface area (Å²) in [6.45, 7) is 9.84. The summed E-state index contributed by atoms with van der Waals surface area (Å²) in [5, 5.41) is 5.44. The molecular formula is C37H58N4O11. The summed E-state index contributed by atoms with van der Waals surface area (Å²) >= 11 is 0. The number of nitrogens with one attached hydrogen (secondary N) is 3. The van der Waals surface area contributed by atoms with Crippen LogP contribution in [-0.2, 0) is 28.4 Å². The number of carbonyl (C=O) groups is 2. The monoisotopic (exact) mass is 734 g/mol. The molecule has 52 heavy (non-hydrogen) atoms. The molecular weight excluding hydrogens is 676 g/mol. The van der Waals surface area contributed by atoms with Crippen molar-refractivity contribution in [3.05, 3.63) is 45.9 Å². The molecule has 0 aliphatic carbocycles. The van der Waals surface area contributed by atoms with Gasteiger partial charge in [-0.2, -0.15) is 0 Å². The fraction of sp³-hybridized carbons (Fsp3) is 0.676. The molecule has 1 unspecified atom stereocenters. The number of aromatic amines is 1. The molecule has 0 radical (unpaired) electrons. The third-order valence-electron chi connectivity index (χ3n) is 8.04. The first kappa shape index (κ1) is 42.7. The van der Waals surface area contributed by atoms with Crippen LogP contribution in [0.15, 0.2) is 29.1 Å². The Hall–Kier alpha value is -3.76. The van der Waals surface area contributed by atoms with E-state index in [1.807, 2.05) is 0 Å². The van der Waals surface area contributed by atoms with Gasteiger partial charge in [0.15, 0.2) is 11.5 Å². The Balaban J connectivity index is 1.36. The number of aromatic nitrogens is 2. The maximum absolute atomic E-state index is 12.8. The Kier molecular flexibility index (Phi) is 22.1. The van der Waals surface area contributed by atoms with Gasteiger partial charge in [-0.3, -0.25) is 15.1 Å². The molecule has 0 bridgehead atoms. The van der Waals surface area contributed by atoms with Gasteiger partial charge >= 0.3 is 12.0 Å². The van der Waals surface area contributed by atoms with Crippen molar-refractivity contribution in [3.63, 3.8) is 0 Å². The molecule has 2 amide bonds. The van der Waals surface area contributed by atoms with Gasteiger partial charge in [-0.25, -0.2) is 14.6 Å². The Morgan fingerprint density at radius 3 is 1.98 bits per heavy atom. The van der Waals surface area contributed by atoms with Crippen LogP contribution in [-0.4, -0.2) is 114 Å². The van der Waals surface area contributed by atoms with E-state index in [2.05, 4.69) is 34.4 Å². The summed E-state index contributed by atoms with van der Waals surface area (Å²) in [4.78, 5) is 44.5. The molecule has 1 aliphatic rings. The lowest BCUT2D eigenvalue weighted by atomic mass is 9.96. The topological polar surface area (TPSA) is 178 Å². The number of urea groups is 1. The van der Waals surface area contributed by atoms with Crippen molar-refractivity contribution in [2.75, 3.05) is 97.8 Å². The van der Waals surface area contributed by atoms with Gasteiger partial charge in [-0.1, -0.05) is 33.1 Å². The summed E-state index contributed by atoms with van der Waals surface area (Å²) in [6, 6.07) is 6.02. The number of fused-ring (bicyclic) bond motifs is 1. The highest BCUT2D eigenvalue weighted by atomic mass is 16.6. The lowest BCUT2D eigenvalue weighted by Crippen LogP contribution is -2.31. The maximum atomic E-state index is 12.8. The van der Waals surface area contributed by atoms with E-state index in [0.717, 1.165) is 44.9 Å². The van der Waals surface area contributed by atoms with E-state index in [4.69, 9.17) is 37.9 Å². The molecule has 2 heterocycles. The molecule has 15 heteroatoms. The Morgan fingerprint density at radius 1 is 0.769 bits per heavy atom. The molecule has 292 valence electrons. The van der Waals surface area contributed by atoms with Crippen LogP contribution >= 0.6 is 0 Å². The zero-order chi connectivity index (χ0) is 37.1. The summed E-state index contributed by atoms with van der Waals surface area (Å²) in [5.74, 6) is 0.755. The standard InChI is InChI=1S/C37H58N4O11/c1-3-5-10-29(4-2)31-28-34(42)40-36(39-31)41-37(44)38-13-8-6-7-9-14-52-35(43)30-11-12-32-33(27-30)51-26-24-49-22-20-47-18-16-45-15-17-46-19-21-48-23-25-50-32/h11-12,27-29H,3-10,13-26H2,1-2H3,(H3,38,39,40,41,42,44). The Morgan fingerprint density at radius 2 is 1.37 bits per heavy atom. The van der Waals surface area contributed by atoms with E-state index in [0.29, 0.717) is 108 Å². The van der Waals surface area contributed by atoms with Crippen molar-refractivity contribution in [2.45, 2.75) is 71.1 Å². The van der Waals surface area contributed by atoms with Crippen LogP contribution < -0.4 is 25.7 Å². The minimum atomic E-state index is -0.459. The SMILES string of the molecule is CCCCC(CC)c1cc(=O)[nH]c(NC(=O)NCCCCCCOC(=O)c2ccc3c(c2)OCCOCCOCCOCCOCCOCCO3)n1. The predicted octanol–water partition coefficient (Wildman–Crippen LogP) is 4.85. The van der Waals surface area contributed by atoms with E-state index in [1.165, 1.54) is 6.07 Å². The molecule has 0 fully saturated rings. The summed E-state index contributed by atoms with van der Waals surface area (Å²) in [6.07, 6.45) is 7.02. The first-order valence-electron chi connectivity index (χ1n) is 18.6. The van der Waals surface area contributed by atoms with Crippen LogP contribution in [0.2, 0.25) is 0 Å². The molecule has 1 aliphatic heterocycles. The van der Waals surface area contributed by atoms with Gasteiger partial charge in [0.2, 0.25) is 5.95 Å². The normalized spacial score (nSPS) is 16.2. The average molecular weight is 735 g/mol. The zero-order valence-corrected chi connectivity index (χ0v) is 30.9. The summed E-state index contributed by atoms with van der Waals surface area (Å²) in [7, 11) is 0. The van der Waals surface area contributed by atoms with E-state index < -0.39 is 12.0 Å². The second-order valence-electron chi connectivity index (χ2n) is 12.1.